The Kier molecular flexibility index (Phi) is 23.7. The van der Waals surface area contributed by atoms with Gasteiger partial charge in [0.2, 0.25) is 0 Å². The molecular weight excluding hydrogens is 1500 g/mol. The fourth-order valence-electron chi connectivity index (χ4n) is 15.7. The third kappa shape index (κ3) is 16.7. The number of hydrogen-bond acceptors (Lipinski definition) is 22. The van der Waals surface area contributed by atoms with Gasteiger partial charge in [-0.15, -0.1) is 0 Å². The Morgan fingerprint density at radius 3 is 0.853 bits per heavy atom. The molecule has 0 atom stereocenters. The van der Waals surface area contributed by atoms with Crippen molar-refractivity contribution in [1.82, 2.24) is 73.6 Å². The molecule has 3 amide bonds. The van der Waals surface area contributed by atoms with Crippen LogP contribution in [0.5, 0.6) is 0 Å². The molecule has 0 spiro atoms. The van der Waals surface area contributed by atoms with Crippen LogP contribution in [0.3, 0.4) is 0 Å². The average molecular weight is 1610 g/mol. The van der Waals surface area contributed by atoms with E-state index >= 15 is 4.57 Å². The number of pyridine rings is 3. The van der Waals surface area contributed by atoms with Gasteiger partial charge in [-0.2, -0.15) is 30.6 Å². The summed E-state index contributed by atoms with van der Waals surface area (Å²) in [5.41, 5.74) is -6.75. The normalized spacial score (nSPS) is 13.1. The van der Waals surface area contributed by atoms with Crippen LogP contribution in [0.4, 0.5) is 17.1 Å². The number of phosphoric ester groups is 1. The summed E-state index contributed by atoms with van der Waals surface area (Å²) in [4.78, 5) is 56.6. The molecule has 0 aliphatic carbocycles. The molecule has 0 fully saturated rings. The Bertz CT molecular complexity index is 4870. The summed E-state index contributed by atoms with van der Waals surface area (Å²) >= 11 is 0. The molecule has 12 aromatic rings. The van der Waals surface area contributed by atoms with Crippen LogP contribution in [0.1, 0.15) is 156 Å². The molecule has 32 heteroatoms. The van der Waals surface area contributed by atoms with Crippen LogP contribution in [0.2, 0.25) is 0 Å². The number of ether oxygens (including phenoxy) is 3. The number of aromatic nitrogens is 15. The first-order valence-electron chi connectivity index (χ1n) is 38.2. The highest BCUT2D eigenvalue weighted by Crippen LogP contribution is 2.72. The van der Waals surface area contributed by atoms with Crippen LogP contribution in [-0.4, -0.2) is 133 Å². The lowest BCUT2D eigenvalue weighted by molar-refractivity contribution is -0.267. The first-order valence-corrected chi connectivity index (χ1v) is 39.7. The van der Waals surface area contributed by atoms with Gasteiger partial charge in [0.05, 0.1) is 109 Å². The second-order valence-corrected chi connectivity index (χ2v) is 36.1. The summed E-state index contributed by atoms with van der Waals surface area (Å²) in [6, 6.07) is 26.0. The zero-order valence-corrected chi connectivity index (χ0v) is 70.7. The van der Waals surface area contributed by atoms with Gasteiger partial charge < -0.3 is 43.4 Å². The second-order valence-electron chi connectivity index (χ2n) is 34.6. The average Bonchev–Trinajstić information content (AvgIpc) is 1.12. The quantitative estimate of drug-likeness (QED) is 0.0352. The molecular formula is C84H105N18O13P. The van der Waals surface area contributed by atoms with Crippen molar-refractivity contribution in [2.24, 2.45) is 32.5 Å². The molecule has 0 aliphatic rings. The summed E-state index contributed by atoms with van der Waals surface area (Å²) in [5, 5.41) is 38.5. The molecule has 31 nitrogen and oxygen atoms in total. The molecule has 614 valence electrons. The molecule has 3 N–H and O–H groups in total. The summed E-state index contributed by atoms with van der Waals surface area (Å²) in [5.74, 6) is -0.917. The van der Waals surface area contributed by atoms with Gasteiger partial charge in [-0.1, -0.05) is 143 Å². The first kappa shape index (κ1) is 84.4. The Morgan fingerprint density at radius 2 is 0.629 bits per heavy atom. The van der Waals surface area contributed by atoms with Gasteiger partial charge in [0.25, 0.3) is 17.7 Å². The fourth-order valence-corrected chi connectivity index (χ4v) is 18.7. The minimum atomic E-state index is -5.53. The molecule has 0 radical (unpaired) electrons. The van der Waals surface area contributed by atoms with E-state index in [1.54, 1.807) is 197 Å². The zero-order valence-electron chi connectivity index (χ0n) is 69.8. The molecule has 12 heterocycles. The van der Waals surface area contributed by atoms with E-state index in [4.69, 9.17) is 71.6 Å². The number of phosphoric acid groups is 1. The van der Waals surface area contributed by atoms with Crippen molar-refractivity contribution in [2.75, 3.05) is 57.1 Å². The van der Waals surface area contributed by atoms with Crippen molar-refractivity contribution >= 4 is 42.6 Å². The smallest absolute Gasteiger partial charge is 0.451 e. The van der Waals surface area contributed by atoms with E-state index in [1.807, 2.05) is 143 Å². The number of furan rings is 3. The number of amides is 3. The molecule has 0 saturated heterocycles. The highest BCUT2D eigenvalue weighted by Gasteiger charge is 2.68. The van der Waals surface area contributed by atoms with E-state index in [0.29, 0.717) is 107 Å². The lowest BCUT2D eigenvalue weighted by atomic mass is 9.68. The van der Waals surface area contributed by atoms with Gasteiger partial charge in [-0.05, 0) is 72.8 Å². The Balaban J connectivity index is 0.964. The predicted molar refractivity (Wildman–Crippen MR) is 437 cm³/mol. The van der Waals surface area contributed by atoms with Crippen LogP contribution >= 0.6 is 7.82 Å². The zero-order chi connectivity index (χ0) is 83.8. The number of nitrogens with zero attached hydrogens (tertiary/aromatic N) is 15. The predicted octanol–water partition coefficient (Wildman–Crippen LogP) is 17.3. The maximum atomic E-state index is 18.7. The summed E-state index contributed by atoms with van der Waals surface area (Å²) in [7, 11) is -0.730. The highest BCUT2D eigenvalue weighted by molar-refractivity contribution is 7.48. The van der Waals surface area contributed by atoms with Crippen LogP contribution in [0.25, 0.3) is 68.1 Å². The second kappa shape index (κ2) is 32.6. The molecule has 12 rings (SSSR count). The third-order valence-electron chi connectivity index (χ3n) is 20.2. The van der Waals surface area contributed by atoms with E-state index in [9.17, 15) is 14.4 Å². The number of methoxy groups -OCH3 is 3. The summed E-state index contributed by atoms with van der Waals surface area (Å²) in [6.07, 6.45) is 20.0. The Hall–Kier alpha value is -11.1. The van der Waals surface area contributed by atoms with Crippen molar-refractivity contribution < 1.29 is 60.0 Å². The Labute approximate surface area is 674 Å². The molecule has 12 aromatic heterocycles. The number of anilines is 3. The van der Waals surface area contributed by atoms with E-state index < -0.39 is 75.2 Å². The van der Waals surface area contributed by atoms with Crippen LogP contribution in [0.15, 0.2) is 179 Å². The van der Waals surface area contributed by atoms with Crippen LogP contribution in [0, 0.1) is 32.5 Å². The fraction of sp³-hybridized carbons (Fsp3) is 0.429. The maximum absolute atomic E-state index is 18.7. The largest absolute Gasteiger partial charge is 0.481 e. The number of rotatable bonds is 30. The number of hydrogen-bond donors (Lipinski definition) is 3. The minimum absolute atomic E-state index is 0.0196. The lowest BCUT2D eigenvalue weighted by Gasteiger charge is -2.58. The lowest BCUT2D eigenvalue weighted by Crippen LogP contribution is -2.61. The molecule has 0 bridgehead atoms. The van der Waals surface area contributed by atoms with Gasteiger partial charge in [-0.25, -0.2) is 18.6 Å². The number of carbonyl (C=O) groups is 3. The van der Waals surface area contributed by atoms with Crippen molar-refractivity contribution in [2.45, 2.75) is 161 Å². The van der Waals surface area contributed by atoms with Crippen molar-refractivity contribution in [1.29, 1.82) is 0 Å². The van der Waals surface area contributed by atoms with Gasteiger partial charge in [0.15, 0.2) is 34.5 Å². The van der Waals surface area contributed by atoms with E-state index in [2.05, 4.69) is 30.9 Å². The Morgan fingerprint density at radius 1 is 0.371 bits per heavy atom. The van der Waals surface area contributed by atoms with Crippen molar-refractivity contribution in [3.8, 4) is 68.1 Å². The number of nitrogens with one attached hydrogen (secondary N) is 3. The molecule has 0 aliphatic heterocycles. The van der Waals surface area contributed by atoms with E-state index in [0.717, 1.165) is 0 Å². The topological polar surface area (TPSA) is 345 Å². The van der Waals surface area contributed by atoms with Crippen LogP contribution in [-0.2, 0) is 69.2 Å². The van der Waals surface area contributed by atoms with E-state index in [1.165, 1.54) is 0 Å². The van der Waals surface area contributed by atoms with Gasteiger partial charge in [-0.3, -0.25) is 57.0 Å². The number of carbonyl (C=O) groups excluding carboxylic acids is 3. The van der Waals surface area contributed by atoms with Crippen LogP contribution < -0.4 is 16.0 Å². The standard InChI is InChI=1S/C84H105N18O13P/c1-76(2,3)82(77(4,5)6,100-49-55(46-88-100)64-31-34-67(110-64)73(103)91-61-52-97(40-43-107-19)94-70(61)58-28-22-25-37-85-58)113-116(106,114-83(78(7,8)9,79(10,11)12)101-50-56(47-89-101)65-32-35-68(111-65)74(104)92-62-53-98(41-44-108-20)95-71(62)59-29-23-26-38-86-59)115-84(80(13,14)15,81(16,17)18)102-51-57(48-90-102)66-33-36-69(112-66)75(105)93-63-54-99(42-45-109-21)96-72(63)60-30-24-27-39-87-60/h22-39,46-54H,40-45H2,1-21H3,(H,91,103)(H,92,104)(H,93,105). The van der Waals surface area contributed by atoms with Crippen molar-refractivity contribution in [3.05, 3.63) is 183 Å². The van der Waals surface area contributed by atoms with Crippen molar-refractivity contribution in [3.63, 3.8) is 0 Å². The minimum Gasteiger partial charge on any atom is -0.451 e. The van der Waals surface area contributed by atoms with E-state index in [-0.39, 0.29) is 34.6 Å². The molecule has 0 unspecified atom stereocenters. The SMILES string of the molecule is COCCn1cc(NC(=O)c2ccc(-c3cnn(C(OP(=O)(OC(n4cc(-c5ccc(C(=O)Nc6cn(CCOC)nc6-c6ccccn6)o5)cn4)(C(C)(C)C)C(C)(C)C)OC(n4cc(-c5ccc(C(=O)Nc6cn(CCOC)nc6-c6ccccn6)o5)cn4)(C(C)(C)C)C(C)(C)C)(C(C)(C)C)C(C)(C)C)c3)o2)c(-c2ccccn2)n1. The summed E-state index contributed by atoms with van der Waals surface area (Å²) < 4.78 is 87.6. The molecule has 0 saturated carbocycles. The van der Waals surface area contributed by atoms with Gasteiger partial charge >= 0.3 is 7.82 Å². The van der Waals surface area contributed by atoms with Gasteiger partial charge in [0, 0.05) is 110 Å². The molecule has 0 aromatic carbocycles. The maximum Gasteiger partial charge on any atom is 0.481 e. The molecule has 116 heavy (non-hydrogen) atoms. The summed E-state index contributed by atoms with van der Waals surface area (Å²) in [6.45, 7) is 37.6. The highest BCUT2D eigenvalue weighted by atomic mass is 31.2. The third-order valence-corrected chi connectivity index (χ3v) is 21.7. The monoisotopic (exact) mass is 1600 g/mol. The van der Waals surface area contributed by atoms with Gasteiger partial charge in [0.1, 0.15) is 34.4 Å². The first-order chi connectivity index (χ1) is 54.7.